The molecule has 0 saturated carbocycles. The number of hydrogen-bond acceptors (Lipinski definition) is 2. The minimum absolute atomic E-state index is 0.181. The van der Waals surface area contributed by atoms with E-state index in [0.717, 1.165) is 0 Å². The second-order valence-electron chi connectivity index (χ2n) is 0.420. The Hall–Kier alpha value is -0.200. The quantitative estimate of drug-likeness (QED) is 0.321. The SMILES string of the molecule is [3H][S+]([O-])CC#N. The highest BCUT2D eigenvalue weighted by atomic mass is 32.2. The number of nitrogens with zero attached hydrogens (tertiary/aromatic N) is 1. The van der Waals surface area contributed by atoms with Gasteiger partial charge in [-0.15, -0.1) is 0 Å². The Bertz CT molecular complexity index is 68.4. The average molecular weight is 91.1 g/mol. The molecule has 0 bridgehead atoms. The zero-order valence-corrected chi connectivity index (χ0v) is 3.29. The van der Waals surface area contributed by atoms with Gasteiger partial charge in [-0.25, -0.2) is 0 Å². The molecule has 0 rings (SSSR count). The van der Waals surface area contributed by atoms with Crippen molar-refractivity contribution in [3.8, 4) is 6.07 Å². The number of hydrogen-bond donors (Lipinski definition) is 0. The molecule has 0 heterocycles. The van der Waals surface area contributed by atoms with Crippen LogP contribution in [0.1, 0.15) is 0 Å². The van der Waals surface area contributed by atoms with Crippen molar-refractivity contribution >= 4 is 11.9 Å². The van der Waals surface area contributed by atoms with Crippen LogP contribution < -0.4 is 0 Å². The predicted molar refractivity (Wildman–Crippen MR) is 20.0 cm³/mol. The molecule has 5 heavy (non-hydrogen) atoms. The Morgan fingerprint density at radius 3 is 3.00 bits per heavy atom. The van der Waals surface area contributed by atoms with Crippen molar-refractivity contribution < 1.29 is 4.55 Å². The molecule has 0 saturated heterocycles. The molecule has 0 aliphatic carbocycles. The summed E-state index contributed by atoms with van der Waals surface area (Å²) in [6, 6.07) is 1.58. The minimum atomic E-state index is -1.68. The molecule has 0 fully saturated rings. The summed E-state index contributed by atoms with van der Waals surface area (Å²) >= 11 is -1.68. The molecule has 3 heteroatoms. The standard InChI is InChI=1S/C2H3NOS/c3-1-2-5-4/h5H,2H2/i5T. The van der Waals surface area contributed by atoms with E-state index in [2.05, 4.69) is 0 Å². The molecule has 0 aliphatic rings. The summed E-state index contributed by atoms with van der Waals surface area (Å²) in [5.41, 5.74) is 0. The van der Waals surface area contributed by atoms with E-state index in [1.165, 1.54) is 0 Å². The summed E-state index contributed by atoms with van der Waals surface area (Å²) in [6.07, 6.45) is 0. The van der Waals surface area contributed by atoms with Gasteiger partial charge in [0.15, 0.2) is 5.75 Å². The van der Waals surface area contributed by atoms with E-state index in [1.807, 2.05) is 0 Å². The molecule has 0 radical (unpaired) electrons. The van der Waals surface area contributed by atoms with Gasteiger partial charge >= 0.3 is 1.12 Å². The molecular formula is C2H3NOS. The Labute approximate surface area is 35.7 Å². The van der Waals surface area contributed by atoms with Crippen molar-refractivity contribution in [1.82, 2.24) is 0 Å². The van der Waals surface area contributed by atoms with Crippen LogP contribution >= 0.6 is 0 Å². The second kappa shape index (κ2) is 3.80. The highest BCUT2D eigenvalue weighted by Crippen LogP contribution is 1.54. The normalized spacial score (nSPS) is 15.6. The summed E-state index contributed by atoms with van der Waals surface area (Å²) in [5, 5.41) is 7.67. The maximum Gasteiger partial charge on any atom is 0.357 e. The molecule has 2 nitrogen and oxygen atoms in total. The van der Waals surface area contributed by atoms with E-state index in [9.17, 15) is 4.55 Å². The van der Waals surface area contributed by atoms with Gasteiger partial charge in [0.2, 0.25) is 0 Å². The molecule has 28 valence electrons. The Kier molecular flexibility index (Phi) is 2.29. The van der Waals surface area contributed by atoms with Gasteiger partial charge < -0.3 is 4.55 Å². The van der Waals surface area contributed by atoms with Crippen molar-refractivity contribution in [1.29, 1.82) is 6.39 Å². The maximum absolute atomic E-state index is 9.60. The lowest BCUT2D eigenvalue weighted by Gasteiger charge is -1.73. The van der Waals surface area contributed by atoms with Gasteiger partial charge in [0.05, 0.1) is 0 Å². The van der Waals surface area contributed by atoms with Gasteiger partial charge in [0, 0.05) is 0 Å². The lowest BCUT2D eigenvalue weighted by molar-refractivity contribution is 0.616. The Morgan fingerprint density at radius 1 is 2.40 bits per heavy atom. The van der Waals surface area contributed by atoms with Crippen molar-refractivity contribution in [2.45, 2.75) is 0 Å². The van der Waals surface area contributed by atoms with Crippen molar-refractivity contribution in [2.75, 3.05) is 5.75 Å². The Balaban J connectivity index is 2.88. The van der Waals surface area contributed by atoms with Gasteiger partial charge in [-0.1, -0.05) is 11.9 Å². The van der Waals surface area contributed by atoms with Crippen LogP contribution in [-0.4, -0.2) is 11.4 Å². The summed E-state index contributed by atoms with van der Waals surface area (Å²) in [5.74, 6) is -0.181. The highest BCUT2D eigenvalue weighted by molar-refractivity contribution is 7.72. The van der Waals surface area contributed by atoms with Gasteiger partial charge in [-0.2, -0.15) is 5.26 Å². The number of nitriles is 1. The van der Waals surface area contributed by atoms with Crippen LogP contribution in [0.5, 0.6) is 0 Å². The molecule has 0 spiro atoms. The summed E-state index contributed by atoms with van der Waals surface area (Å²) < 4.78 is 15.8. The predicted octanol–water partition coefficient (Wildman–Crippen LogP) is -0.545. The minimum Gasteiger partial charge on any atom is -0.617 e. The monoisotopic (exact) mass is 91.0 g/mol. The third-order valence-electron chi connectivity index (χ3n) is 0.123. The zero-order chi connectivity index (χ0) is 4.99. The van der Waals surface area contributed by atoms with Crippen LogP contribution in [0.25, 0.3) is 0 Å². The summed E-state index contributed by atoms with van der Waals surface area (Å²) in [6.45, 7) is 0. The topological polar surface area (TPSA) is 46.8 Å². The number of rotatable bonds is 1. The molecule has 0 amide bonds. The molecule has 0 aliphatic heterocycles. The molecule has 0 aromatic heterocycles. The molecule has 0 N–H and O–H groups in total. The maximum atomic E-state index is 9.60. The average Bonchev–Trinajstić information content (AvgIpc) is 1.35. The third-order valence-corrected chi connectivity index (χ3v) is 0.370. The lowest BCUT2D eigenvalue weighted by atomic mass is 10.9. The van der Waals surface area contributed by atoms with Gasteiger partial charge in [-0.3, -0.25) is 0 Å². The van der Waals surface area contributed by atoms with E-state index < -0.39 is 11.9 Å². The first-order chi connectivity index (χ1) is 2.77. The molecule has 1 atom stereocenters. The lowest BCUT2D eigenvalue weighted by Crippen LogP contribution is -1.77. The fourth-order valence-electron chi connectivity index (χ4n) is 0.0264. The largest absolute Gasteiger partial charge is 0.617 e. The second-order valence-corrected chi connectivity index (χ2v) is 0.945. The summed E-state index contributed by atoms with van der Waals surface area (Å²) in [7, 11) is 0. The first-order valence-electron chi connectivity index (χ1n) is 1.44. The van der Waals surface area contributed by atoms with Gasteiger partial charge in [0.25, 0.3) is 0 Å². The third kappa shape index (κ3) is 3.80. The van der Waals surface area contributed by atoms with Crippen LogP contribution in [0.2, 0.25) is 0 Å². The first-order valence-corrected chi connectivity index (χ1v) is 1.94. The summed E-state index contributed by atoms with van der Waals surface area (Å²) in [4.78, 5) is 0. The Morgan fingerprint density at radius 2 is 3.00 bits per heavy atom. The smallest absolute Gasteiger partial charge is 0.357 e. The fraction of sp³-hybridized carbons (Fsp3) is 0.500. The zero-order valence-electron chi connectivity index (χ0n) is 3.47. The van der Waals surface area contributed by atoms with Crippen LogP contribution in [0.15, 0.2) is 0 Å². The van der Waals surface area contributed by atoms with E-state index in [4.69, 9.17) is 6.39 Å². The van der Waals surface area contributed by atoms with Crippen LogP contribution in [0, 0.1) is 11.3 Å². The van der Waals surface area contributed by atoms with Crippen LogP contribution in [0.4, 0.5) is 0 Å². The van der Waals surface area contributed by atoms with E-state index >= 15 is 0 Å². The van der Waals surface area contributed by atoms with Gasteiger partial charge in [0.1, 0.15) is 6.07 Å². The first kappa shape index (κ1) is 3.01. The van der Waals surface area contributed by atoms with Gasteiger partial charge in [-0.05, 0) is 0 Å². The molecule has 0 aromatic rings. The van der Waals surface area contributed by atoms with Crippen LogP contribution in [-0.2, 0) is 11.9 Å². The van der Waals surface area contributed by atoms with Crippen molar-refractivity contribution in [3.63, 3.8) is 0 Å². The van der Waals surface area contributed by atoms with E-state index in [-0.39, 0.29) is 5.75 Å². The molecular weight excluding hydrogens is 86.1 g/mol. The molecule has 0 aromatic carbocycles. The highest BCUT2D eigenvalue weighted by Gasteiger charge is 1.68. The van der Waals surface area contributed by atoms with E-state index in [1.54, 1.807) is 6.07 Å². The number of thiol groups is 1. The fourth-order valence-corrected chi connectivity index (χ4v) is 0.0791. The molecule has 1 unspecified atom stereocenters. The van der Waals surface area contributed by atoms with Crippen molar-refractivity contribution in [3.05, 3.63) is 0 Å². The van der Waals surface area contributed by atoms with Crippen molar-refractivity contribution in [2.24, 2.45) is 0 Å². The van der Waals surface area contributed by atoms with Crippen LogP contribution in [0.3, 0.4) is 0 Å². The van der Waals surface area contributed by atoms with E-state index in [0.29, 0.717) is 0 Å².